The van der Waals surface area contributed by atoms with Crippen molar-refractivity contribution in [1.82, 2.24) is 10.2 Å². The number of rotatable bonds is 5. The highest BCUT2D eigenvalue weighted by Gasteiger charge is 2.30. The van der Waals surface area contributed by atoms with Crippen molar-refractivity contribution < 1.29 is 22.7 Å². The monoisotopic (exact) mass is 370 g/mol. The van der Waals surface area contributed by atoms with E-state index in [1.807, 2.05) is 0 Å². The van der Waals surface area contributed by atoms with Crippen LogP contribution in [0.15, 0.2) is 24.3 Å². The highest BCUT2D eigenvalue weighted by molar-refractivity contribution is 5.78. The van der Waals surface area contributed by atoms with Gasteiger partial charge in [-0.15, -0.1) is 0 Å². The number of nitrogens with zero attached hydrogens (tertiary/aromatic N) is 1. The number of amides is 1. The van der Waals surface area contributed by atoms with Gasteiger partial charge in [0.2, 0.25) is 5.91 Å². The van der Waals surface area contributed by atoms with Crippen molar-refractivity contribution in [3.63, 3.8) is 0 Å². The summed E-state index contributed by atoms with van der Waals surface area (Å²) in [7, 11) is 0. The highest BCUT2D eigenvalue weighted by Crippen LogP contribution is 2.29. The van der Waals surface area contributed by atoms with E-state index in [9.17, 15) is 18.0 Å². The minimum atomic E-state index is -4.35. The zero-order valence-corrected chi connectivity index (χ0v) is 14.7. The molecule has 0 aromatic heterocycles. The maximum absolute atomic E-state index is 12.6. The van der Waals surface area contributed by atoms with Gasteiger partial charge in [0, 0.05) is 32.3 Å². The van der Waals surface area contributed by atoms with E-state index in [1.165, 1.54) is 12.1 Å². The Morgan fingerprint density at radius 3 is 2.42 bits per heavy atom. The number of nitrogens with one attached hydrogen (secondary N) is 1. The second-order valence-electron chi connectivity index (χ2n) is 7.15. The standard InChI is InChI=1S/C19H25F3N2O2/c20-19(21,22)15-5-3-14(4-6-15)12-18(25)23-16-7-9-24(10-8-16)13-17-2-1-11-26-17/h3-6,16-17H,1-2,7-13H2,(H,23,25)/t17-/m1/s1. The predicted molar refractivity (Wildman–Crippen MR) is 91.7 cm³/mol. The number of likely N-dealkylation sites (tertiary alicyclic amines) is 1. The van der Waals surface area contributed by atoms with Gasteiger partial charge in [0.25, 0.3) is 0 Å². The lowest BCUT2D eigenvalue weighted by atomic mass is 10.0. The van der Waals surface area contributed by atoms with Crippen LogP contribution in [0.25, 0.3) is 0 Å². The molecule has 2 aliphatic heterocycles. The van der Waals surface area contributed by atoms with Crippen molar-refractivity contribution in [3.8, 4) is 0 Å². The van der Waals surface area contributed by atoms with Gasteiger partial charge in [-0.2, -0.15) is 13.2 Å². The second kappa shape index (κ2) is 8.39. The molecule has 4 nitrogen and oxygen atoms in total. The molecule has 2 saturated heterocycles. The minimum absolute atomic E-state index is 0.105. The molecule has 1 atom stereocenters. The first kappa shape index (κ1) is 19.2. The van der Waals surface area contributed by atoms with E-state index in [4.69, 9.17) is 4.74 Å². The Kier molecular flexibility index (Phi) is 6.19. The molecule has 26 heavy (non-hydrogen) atoms. The van der Waals surface area contributed by atoms with Gasteiger partial charge in [-0.25, -0.2) is 0 Å². The van der Waals surface area contributed by atoms with Gasteiger partial charge < -0.3 is 15.0 Å². The lowest BCUT2D eigenvalue weighted by Crippen LogP contribution is -2.46. The van der Waals surface area contributed by atoms with Crippen molar-refractivity contribution in [2.75, 3.05) is 26.2 Å². The van der Waals surface area contributed by atoms with Gasteiger partial charge in [0.05, 0.1) is 18.1 Å². The van der Waals surface area contributed by atoms with E-state index in [1.54, 1.807) is 0 Å². The fraction of sp³-hybridized carbons (Fsp3) is 0.632. The normalized spacial score (nSPS) is 22.5. The molecule has 3 rings (SSSR count). The summed E-state index contributed by atoms with van der Waals surface area (Å²) in [6.45, 7) is 3.70. The number of halogens is 3. The Balaban J connectivity index is 1.40. The van der Waals surface area contributed by atoms with Gasteiger partial charge in [0.1, 0.15) is 0 Å². The average Bonchev–Trinajstić information content (AvgIpc) is 3.09. The van der Waals surface area contributed by atoms with Crippen LogP contribution in [0.4, 0.5) is 13.2 Å². The second-order valence-corrected chi connectivity index (χ2v) is 7.15. The molecular weight excluding hydrogens is 345 g/mol. The van der Waals surface area contributed by atoms with Crippen molar-refractivity contribution in [3.05, 3.63) is 35.4 Å². The molecule has 0 aliphatic carbocycles. The van der Waals surface area contributed by atoms with Crippen molar-refractivity contribution in [2.24, 2.45) is 0 Å². The molecule has 0 bridgehead atoms. The molecule has 0 radical (unpaired) electrons. The fourth-order valence-electron chi connectivity index (χ4n) is 3.61. The summed E-state index contributed by atoms with van der Waals surface area (Å²) in [4.78, 5) is 14.5. The van der Waals surface area contributed by atoms with Crippen LogP contribution >= 0.6 is 0 Å². The Labute approximate surface area is 151 Å². The number of carbonyl (C=O) groups is 1. The Bertz CT molecular complexity index is 590. The molecule has 0 saturated carbocycles. The number of hydrogen-bond acceptors (Lipinski definition) is 3. The lowest BCUT2D eigenvalue weighted by Gasteiger charge is -2.33. The minimum Gasteiger partial charge on any atom is -0.377 e. The average molecular weight is 370 g/mol. The third-order valence-electron chi connectivity index (χ3n) is 5.08. The predicted octanol–water partition coefficient (Wildman–Crippen LogP) is 3.01. The van der Waals surface area contributed by atoms with Crippen LogP contribution in [-0.2, 0) is 22.1 Å². The van der Waals surface area contributed by atoms with Crippen molar-refractivity contribution in [1.29, 1.82) is 0 Å². The summed E-state index contributed by atoms with van der Waals surface area (Å²) in [5.41, 5.74) is -0.105. The van der Waals surface area contributed by atoms with Crippen LogP contribution in [-0.4, -0.2) is 49.2 Å². The molecule has 0 spiro atoms. The van der Waals surface area contributed by atoms with Gasteiger partial charge in [-0.1, -0.05) is 12.1 Å². The van der Waals surface area contributed by atoms with E-state index in [0.717, 1.165) is 64.1 Å². The first-order chi connectivity index (χ1) is 12.4. The summed E-state index contributed by atoms with van der Waals surface area (Å²) in [5, 5.41) is 3.01. The SMILES string of the molecule is O=C(Cc1ccc(C(F)(F)F)cc1)NC1CCN(C[C@H]2CCCO2)CC1. The molecule has 0 unspecified atom stereocenters. The van der Waals surface area contributed by atoms with E-state index in [2.05, 4.69) is 10.2 Å². The van der Waals surface area contributed by atoms with E-state index in [0.29, 0.717) is 11.7 Å². The molecule has 7 heteroatoms. The number of ether oxygens (including phenoxy) is 1. The summed E-state index contributed by atoms with van der Waals surface area (Å²) >= 11 is 0. The van der Waals surface area contributed by atoms with Crippen LogP contribution in [0.5, 0.6) is 0 Å². The quantitative estimate of drug-likeness (QED) is 0.866. The first-order valence-electron chi connectivity index (χ1n) is 9.19. The van der Waals surface area contributed by atoms with Crippen LogP contribution in [0.2, 0.25) is 0 Å². The molecular formula is C19H25F3N2O2. The molecule has 1 aromatic carbocycles. The van der Waals surface area contributed by atoms with Gasteiger partial charge in [-0.3, -0.25) is 4.79 Å². The fourth-order valence-corrected chi connectivity index (χ4v) is 3.61. The number of carbonyl (C=O) groups excluding carboxylic acids is 1. The van der Waals surface area contributed by atoms with Crippen LogP contribution in [0.1, 0.15) is 36.8 Å². The summed E-state index contributed by atoms with van der Waals surface area (Å²) < 4.78 is 43.3. The molecule has 1 aromatic rings. The number of piperidine rings is 1. The molecule has 2 heterocycles. The third kappa shape index (κ3) is 5.45. The number of alkyl halides is 3. The number of benzene rings is 1. The topological polar surface area (TPSA) is 41.6 Å². The first-order valence-corrected chi connectivity index (χ1v) is 9.19. The smallest absolute Gasteiger partial charge is 0.377 e. The Hall–Kier alpha value is -1.60. The van der Waals surface area contributed by atoms with Crippen molar-refractivity contribution in [2.45, 2.75) is 50.4 Å². The van der Waals surface area contributed by atoms with Crippen LogP contribution in [0.3, 0.4) is 0 Å². The van der Waals surface area contributed by atoms with Gasteiger partial charge >= 0.3 is 6.18 Å². The highest BCUT2D eigenvalue weighted by atomic mass is 19.4. The Morgan fingerprint density at radius 1 is 1.15 bits per heavy atom. The van der Waals surface area contributed by atoms with E-state index < -0.39 is 11.7 Å². The summed E-state index contributed by atoms with van der Waals surface area (Å²) in [5.74, 6) is -0.137. The molecule has 1 N–H and O–H groups in total. The van der Waals surface area contributed by atoms with Gasteiger partial charge in [0.15, 0.2) is 0 Å². The molecule has 2 aliphatic rings. The zero-order valence-electron chi connectivity index (χ0n) is 14.7. The molecule has 1 amide bonds. The van der Waals surface area contributed by atoms with Gasteiger partial charge in [-0.05, 0) is 43.4 Å². The number of hydrogen-bond donors (Lipinski definition) is 1. The summed E-state index contributed by atoms with van der Waals surface area (Å²) in [6.07, 6.45) is 0.162. The maximum Gasteiger partial charge on any atom is 0.416 e. The van der Waals surface area contributed by atoms with E-state index >= 15 is 0 Å². The molecule has 2 fully saturated rings. The van der Waals surface area contributed by atoms with Crippen LogP contribution < -0.4 is 5.32 Å². The van der Waals surface area contributed by atoms with Crippen molar-refractivity contribution >= 4 is 5.91 Å². The lowest BCUT2D eigenvalue weighted by molar-refractivity contribution is -0.137. The zero-order chi connectivity index (χ0) is 18.6. The molecule has 144 valence electrons. The summed E-state index contributed by atoms with van der Waals surface area (Å²) in [6, 6.07) is 4.91. The van der Waals surface area contributed by atoms with Crippen LogP contribution in [0, 0.1) is 0 Å². The van der Waals surface area contributed by atoms with E-state index in [-0.39, 0.29) is 18.4 Å². The Morgan fingerprint density at radius 2 is 1.85 bits per heavy atom. The largest absolute Gasteiger partial charge is 0.416 e. The third-order valence-corrected chi connectivity index (χ3v) is 5.08. The maximum atomic E-state index is 12.6.